The van der Waals surface area contributed by atoms with Gasteiger partial charge in [-0.3, -0.25) is 10.1 Å². The number of nitro groups is 1. The van der Waals surface area contributed by atoms with E-state index in [4.69, 9.17) is 0 Å². The topological polar surface area (TPSA) is 72.7 Å². The average Bonchev–Trinajstić information content (AvgIpc) is 2.90. The summed E-state index contributed by atoms with van der Waals surface area (Å²) in [7, 11) is 1.12. The molecule has 0 aromatic heterocycles. The zero-order valence-electron chi connectivity index (χ0n) is 10.4. The van der Waals surface area contributed by atoms with E-state index >= 15 is 0 Å². The number of anilines is 1. The molecular weight excluding hydrogens is 255 g/mol. The van der Waals surface area contributed by atoms with Crippen LogP contribution >= 0.6 is 0 Å². The Morgan fingerprint density at radius 2 is 2.05 bits per heavy atom. The molecule has 6 nitrogen and oxygen atoms in total. The Morgan fingerprint density at radius 3 is 2.58 bits per heavy atom. The number of methoxy groups -OCH3 is 1. The van der Waals surface area contributed by atoms with Crippen LogP contribution in [0.5, 0.6) is 0 Å². The predicted octanol–water partition coefficient (Wildman–Crippen LogP) is 2.12. The summed E-state index contributed by atoms with van der Waals surface area (Å²) in [6, 6.07) is 2.48. The molecule has 0 amide bonds. The van der Waals surface area contributed by atoms with Crippen molar-refractivity contribution in [1.82, 2.24) is 0 Å². The average molecular weight is 268 g/mol. The van der Waals surface area contributed by atoms with Crippen molar-refractivity contribution in [3.63, 3.8) is 0 Å². The second kappa shape index (κ2) is 5.21. The summed E-state index contributed by atoms with van der Waals surface area (Å²) in [4.78, 5) is 23.4. The molecule has 0 saturated carbocycles. The van der Waals surface area contributed by atoms with Gasteiger partial charge in [-0.05, 0) is 18.9 Å². The van der Waals surface area contributed by atoms with Gasteiger partial charge in [0.1, 0.15) is 5.56 Å². The fourth-order valence-corrected chi connectivity index (χ4v) is 2.21. The van der Waals surface area contributed by atoms with Gasteiger partial charge in [0, 0.05) is 19.2 Å². The molecular formula is C12H13FN2O4. The van der Waals surface area contributed by atoms with E-state index in [1.807, 2.05) is 4.90 Å². The minimum atomic E-state index is -1.14. The van der Waals surface area contributed by atoms with Gasteiger partial charge in [-0.1, -0.05) is 0 Å². The van der Waals surface area contributed by atoms with Crippen LogP contribution in [0.2, 0.25) is 0 Å². The van der Waals surface area contributed by atoms with Gasteiger partial charge in [0.05, 0.1) is 17.7 Å². The number of nitro benzene ring substituents is 1. The van der Waals surface area contributed by atoms with E-state index in [1.165, 1.54) is 6.07 Å². The molecule has 1 aliphatic rings. The van der Waals surface area contributed by atoms with Crippen LogP contribution < -0.4 is 4.90 Å². The second-order valence-corrected chi connectivity index (χ2v) is 4.24. The highest BCUT2D eigenvalue weighted by Gasteiger charge is 2.29. The van der Waals surface area contributed by atoms with E-state index < -0.39 is 22.4 Å². The number of carbonyl (C=O) groups excluding carboxylic acids is 1. The highest BCUT2D eigenvalue weighted by Crippen LogP contribution is 2.32. The Balaban J connectivity index is 2.56. The van der Waals surface area contributed by atoms with Crippen molar-refractivity contribution in [3.05, 3.63) is 33.6 Å². The lowest BCUT2D eigenvalue weighted by Gasteiger charge is -2.20. The lowest BCUT2D eigenvalue weighted by Crippen LogP contribution is -2.22. The molecule has 1 aliphatic heterocycles. The lowest BCUT2D eigenvalue weighted by atomic mass is 10.1. The first-order chi connectivity index (χ1) is 9.06. The zero-order chi connectivity index (χ0) is 14.0. The Labute approximate surface area is 108 Å². The molecule has 0 atom stereocenters. The van der Waals surface area contributed by atoms with Gasteiger partial charge in [-0.2, -0.15) is 4.39 Å². The fraction of sp³-hybridized carbons (Fsp3) is 0.417. The number of hydrogen-bond acceptors (Lipinski definition) is 5. The molecule has 0 N–H and O–H groups in total. The van der Waals surface area contributed by atoms with Crippen LogP contribution in [0.4, 0.5) is 15.8 Å². The van der Waals surface area contributed by atoms with E-state index in [1.54, 1.807) is 0 Å². The van der Waals surface area contributed by atoms with Gasteiger partial charge in [0.25, 0.3) is 0 Å². The van der Waals surface area contributed by atoms with Crippen molar-refractivity contribution < 1.29 is 18.8 Å². The smallest absolute Gasteiger partial charge is 0.343 e. The van der Waals surface area contributed by atoms with Crippen LogP contribution in [0.1, 0.15) is 23.2 Å². The highest BCUT2D eigenvalue weighted by atomic mass is 19.1. The minimum Gasteiger partial charge on any atom is -0.465 e. The number of nitrogens with zero attached hydrogens (tertiary/aromatic N) is 2. The van der Waals surface area contributed by atoms with Crippen LogP contribution in [-0.4, -0.2) is 31.1 Å². The molecule has 1 heterocycles. The summed E-state index contributed by atoms with van der Waals surface area (Å²) in [5.74, 6) is -2.04. The van der Waals surface area contributed by atoms with E-state index in [0.29, 0.717) is 18.8 Å². The highest BCUT2D eigenvalue weighted by molar-refractivity contribution is 5.97. The number of carbonyl (C=O) groups is 1. The van der Waals surface area contributed by atoms with Crippen LogP contribution in [0.25, 0.3) is 0 Å². The molecule has 1 aromatic rings. The number of rotatable bonds is 3. The summed E-state index contributed by atoms with van der Waals surface area (Å²) in [6.07, 6.45) is 1.89. The van der Waals surface area contributed by atoms with Crippen molar-refractivity contribution in [2.75, 3.05) is 25.1 Å². The maximum Gasteiger partial charge on any atom is 0.343 e. The van der Waals surface area contributed by atoms with Gasteiger partial charge < -0.3 is 9.64 Å². The van der Waals surface area contributed by atoms with E-state index in [-0.39, 0.29) is 5.56 Å². The Bertz CT molecular complexity index is 527. The molecule has 102 valence electrons. The summed E-state index contributed by atoms with van der Waals surface area (Å²) in [5, 5.41) is 10.7. The van der Waals surface area contributed by atoms with Crippen molar-refractivity contribution in [2.24, 2.45) is 0 Å². The third-order valence-electron chi connectivity index (χ3n) is 3.13. The van der Waals surface area contributed by atoms with Gasteiger partial charge in [0.15, 0.2) is 0 Å². The van der Waals surface area contributed by atoms with Crippen LogP contribution in [0.15, 0.2) is 12.1 Å². The van der Waals surface area contributed by atoms with Crippen molar-refractivity contribution >= 4 is 17.3 Å². The van der Waals surface area contributed by atoms with E-state index in [2.05, 4.69) is 4.74 Å². The number of benzene rings is 1. The van der Waals surface area contributed by atoms with Gasteiger partial charge in [-0.25, -0.2) is 4.79 Å². The van der Waals surface area contributed by atoms with Crippen molar-refractivity contribution in [2.45, 2.75) is 12.8 Å². The van der Waals surface area contributed by atoms with Crippen LogP contribution in [-0.2, 0) is 4.74 Å². The van der Waals surface area contributed by atoms with Crippen LogP contribution in [0.3, 0.4) is 0 Å². The van der Waals surface area contributed by atoms with Gasteiger partial charge >= 0.3 is 11.7 Å². The molecule has 0 unspecified atom stereocenters. The Hall–Kier alpha value is -2.18. The molecule has 1 fully saturated rings. The SMILES string of the molecule is COC(=O)c1c(N2CCCC2)ccc([N+](=O)[O-])c1F. The number of esters is 1. The Morgan fingerprint density at radius 1 is 1.42 bits per heavy atom. The zero-order valence-corrected chi connectivity index (χ0v) is 10.4. The van der Waals surface area contributed by atoms with Crippen LogP contribution in [0, 0.1) is 15.9 Å². The maximum absolute atomic E-state index is 14.1. The molecule has 1 aromatic carbocycles. The normalized spacial score (nSPS) is 14.5. The summed E-state index contributed by atoms with van der Waals surface area (Å²) in [6.45, 7) is 1.39. The fourth-order valence-electron chi connectivity index (χ4n) is 2.21. The molecule has 0 aliphatic carbocycles. The van der Waals surface area contributed by atoms with Gasteiger partial charge in [0.2, 0.25) is 5.82 Å². The monoisotopic (exact) mass is 268 g/mol. The maximum atomic E-state index is 14.1. The van der Waals surface area contributed by atoms with E-state index in [0.717, 1.165) is 26.0 Å². The second-order valence-electron chi connectivity index (χ2n) is 4.24. The third-order valence-corrected chi connectivity index (χ3v) is 3.13. The quantitative estimate of drug-likeness (QED) is 0.477. The first-order valence-electron chi connectivity index (χ1n) is 5.86. The van der Waals surface area contributed by atoms with Crippen molar-refractivity contribution in [1.29, 1.82) is 0 Å². The molecule has 0 spiro atoms. The van der Waals surface area contributed by atoms with Gasteiger partial charge in [-0.15, -0.1) is 0 Å². The third kappa shape index (κ3) is 2.35. The van der Waals surface area contributed by atoms with E-state index in [9.17, 15) is 19.3 Å². The Kier molecular flexibility index (Phi) is 3.64. The lowest BCUT2D eigenvalue weighted by molar-refractivity contribution is -0.387. The number of ether oxygens (including phenoxy) is 1. The predicted molar refractivity (Wildman–Crippen MR) is 65.8 cm³/mol. The molecule has 1 saturated heterocycles. The number of halogens is 1. The van der Waals surface area contributed by atoms with Crippen molar-refractivity contribution in [3.8, 4) is 0 Å². The first-order valence-corrected chi connectivity index (χ1v) is 5.86. The molecule has 7 heteroatoms. The molecule has 2 rings (SSSR count). The largest absolute Gasteiger partial charge is 0.465 e. The first kappa shape index (κ1) is 13.3. The molecule has 19 heavy (non-hydrogen) atoms. The standard InChI is InChI=1S/C12H13FN2O4/c1-19-12(16)10-8(14-6-2-3-7-14)4-5-9(11(10)13)15(17)18/h4-5H,2-3,6-7H2,1H3. The molecule has 0 radical (unpaired) electrons. The molecule has 0 bridgehead atoms. The number of hydrogen-bond donors (Lipinski definition) is 0. The summed E-state index contributed by atoms with van der Waals surface area (Å²) in [5.41, 5.74) is -0.727. The summed E-state index contributed by atoms with van der Waals surface area (Å²) < 4.78 is 18.6. The summed E-state index contributed by atoms with van der Waals surface area (Å²) >= 11 is 0. The minimum absolute atomic E-state index is 0.354.